The summed E-state index contributed by atoms with van der Waals surface area (Å²) >= 11 is 1.89. The lowest BCUT2D eigenvalue weighted by Gasteiger charge is -2.26. The van der Waals surface area contributed by atoms with Gasteiger partial charge in [-0.15, -0.1) is 10.2 Å². The normalized spacial score (nSPS) is 15.3. The molecule has 0 N–H and O–H groups in total. The molecule has 2 aromatic rings. The average Bonchev–Trinajstić information content (AvgIpc) is 2.94. The molecule has 0 atom stereocenters. The fraction of sp³-hybridized carbons (Fsp3) is 0.385. The van der Waals surface area contributed by atoms with Gasteiger partial charge in [-0.05, 0) is 17.3 Å². The van der Waals surface area contributed by atoms with Crippen molar-refractivity contribution in [1.29, 1.82) is 0 Å². The molecule has 0 spiro atoms. The highest BCUT2D eigenvalue weighted by molar-refractivity contribution is 7.99. The SMILES string of the molecule is Cn1nnc(-c2ccc(C(=O)N3CCSCC3)cc2)n1. The Morgan fingerprint density at radius 2 is 1.90 bits per heavy atom. The van der Waals surface area contributed by atoms with Gasteiger partial charge < -0.3 is 4.90 Å². The van der Waals surface area contributed by atoms with E-state index in [1.54, 1.807) is 7.05 Å². The first-order valence-corrected chi connectivity index (χ1v) is 7.61. The molecule has 0 saturated carbocycles. The van der Waals surface area contributed by atoms with Crippen LogP contribution in [0.2, 0.25) is 0 Å². The van der Waals surface area contributed by atoms with Crippen molar-refractivity contribution in [3.8, 4) is 11.4 Å². The van der Waals surface area contributed by atoms with Gasteiger partial charge in [0.05, 0.1) is 7.05 Å². The first kappa shape index (κ1) is 13.1. The number of thioether (sulfide) groups is 1. The molecule has 1 aromatic carbocycles. The number of aryl methyl sites for hydroxylation is 1. The fourth-order valence-electron chi connectivity index (χ4n) is 2.11. The highest BCUT2D eigenvalue weighted by Crippen LogP contribution is 2.17. The minimum absolute atomic E-state index is 0.101. The lowest BCUT2D eigenvalue weighted by atomic mass is 10.1. The highest BCUT2D eigenvalue weighted by Gasteiger charge is 2.18. The van der Waals surface area contributed by atoms with Crippen LogP contribution < -0.4 is 0 Å². The van der Waals surface area contributed by atoms with Crippen LogP contribution in [-0.2, 0) is 7.05 Å². The van der Waals surface area contributed by atoms with Gasteiger partial charge >= 0.3 is 0 Å². The summed E-state index contributed by atoms with van der Waals surface area (Å²) in [4.78, 5) is 15.6. The number of benzene rings is 1. The van der Waals surface area contributed by atoms with Crippen molar-refractivity contribution in [2.45, 2.75) is 0 Å². The molecule has 2 heterocycles. The summed E-state index contributed by atoms with van der Waals surface area (Å²) in [5, 5.41) is 11.9. The predicted octanol–water partition coefficient (Wildman–Crippen LogP) is 1.07. The summed E-state index contributed by atoms with van der Waals surface area (Å²) in [6.07, 6.45) is 0. The molecular formula is C13H15N5OS. The third-order valence-corrected chi connectivity index (χ3v) is 4.14. The summed E-state index contributed by atoms with van der Waals surface area (Å²) < 4.78 is 0. The van der Waals surface area contributed by atoms with Gasteiger partial charge in [-0.2, -0.15) is 16.6 Å². The minimum Gasteiger partial charge on any atom is -0.337 e. The van der Waals surface area contributed by atoms with E-state index in [9.17, 15) is 4.79 Å². The average molecular weight is 289 g/mol. The van der Waals surface area contributed by atoms with Gasteiger partial charge in [-0.25, -0.2) is 0 Å². The summed E-state index contributed by atoms with van der Waals surface area (Å²) in [5.74, 6) is 2.71. The van der Waals surface area contributed by atoms with Gasteiger partial charge in [-0.1, -0.05) is 12.1 Å². The summed E-state index contributed by atoms with van der Waals surface area (Å²) in [6.45, 7) is 1.66. The third-order valence-electron chi connectivity index (χ3n) is 3.20. The van der Waals surface area contributed by atoms with Crippen LogP contribution in [0.15, 0.2) is 24.3 Å². The highest BCUT2D eigenvalue weighted by atomic mass is 32.2. The number of carbonyl (C=O) groups is 1. The predicted molar refractivity (Wildman–Crippen MR) is 77.5 cm³/mol. The molecule has 1 saturated heterocycles. The zero-order valence-electron chi connectivity index (χ0n) is 11.2. The maximum atomic E-state index is 12.3. The second-order valence-electron chi connectivity index (χ2n) is 4.58. The Bertz CT molecular complexity index is 603. The minimum atomic E-state index is 0.101. The second-order valence-corrected chi connectivity index (χ2v) is 5.81. The van der Waals surface area contributed by atoms with Crippen molar-refractivity contribution < 1.29 is 4.79 Å². The van der Waals surface area contributed by atoms with E-state index in [-0.39, 0.29) is 5.91 Å². The smallest absolute Gasteiger partial charge is 0.253 e. The fourth-order valence-corrected chi connectivity index (χ4v) is 3.01. The van der Waals surface area contributed by atoms with E-state index in [4.69, 9.17) is 0 Å². The van der Waals surface area contributed by atoms with Crippen molar-refractivity contribution in [2.75, 3.05) is 24.6 Å². The van der Waals surface area contributed by atoms with Crippen molar-refractivity contribution in [2.24, 2.45) is 7.05 Å². The van der Waals surface area contributed by atoms with Crippen LogP contribution >= 0.6 is 11.8 Å². The Labute approximate surface area is 121 Å². The first-order valence-electron chi connectivity index (χ1n) is 6.45. The molecule has 1 aliphatic rings. The van der Waals surface area contributed by atoms with Crippen LogP contribution in [0.5, 0.6) is 0 Å². The Balaban J connectivity index is 1.77. The zero-order valence-corrected chi connectivity index (χ0v) is 12.0. The van der Waals surface area contributed by atoms with Gasteiger partial charge in [0.1, 0.15) is 0 Å². The molecule has 7 heteroatoms. The maximum Gasteiger partial charge on any atom is 0.253 e. The maximum absolute atomic E-state index is 12.3. The number of hydrogen-bond acceptors (Lipinski definition) is 5. The first-order chi connectivity index (χ1) is 9.74. The van der Waals surface area contributed by atoms with Crippen LogP contribution in [0.4, 0.5) is 0 Å². The summed E-state index contributed by atoms with van der Waals surface area (Å²) in [7, 11) is 1.72. The molecule has 1 aliphatic heterocycles. The van der Waals surface area contributed by atoms with Gasteiger partial charge in [0.15, 0.2) is 0 Å². The van der Waals surface area contributed by atoms with E-state index in [0.717, 1.165) is 30.2 Å². The number of nitrogens with zero attached hydrogens (tertiary/aromatic N) is 5. The molecule has 0 bridgehead atoms. The number of carbonyl (C=O) groups excluding carboxylic acids is 1. The van der Waals surface area contributed by atoms with E-state index in [0.29, 0.717) is 11.4 Å². The van der Waals surface area contributed by atoms with Gasteiger partial charge in [-0.3, -0.25) is 4.79 Å². The molecule has 1 fully saturated rings. The Morgan fingerprint density at radius 3 is 2.50 bits per heavy atom. The molecule has 0 aliphatic carbocycles. The van der Waals surface area contributed by atoms with Crippen LogP contribution in [0, 0.1) is 0 Å². The van der Waals surface area contributed by atoms with Crippen LogP contribution in [0.3, 0.4) is 0 Å². The number of tetrazole rings is 1. The van der Waals surface area contributed by atoms with E-state index < -0.39 is 0 Å². The second kappa shape index (κ2) is 5.62. The lowest BCUT2D eigenvalue weighted by Crippen LogP contribution is -2.37. The summed E-state index contributed by atoms with van der Waals surface area (Å²) in [6, 6.07) is 7.39. The van der Waals surface area contributed by atoms with Crippen LogP contribution in [0.1, 0.15) is 10.4 Å². The number of hydrogen-bond donors (Lipinski definition) is 0. The molecule has 20 heavy (non-hydrogen) atoms. The zero-order chi connectivity index (χ0) is 13.9. The number of amides is 1. The summed E-state index contributed by atoms with van der Waals surface area (Å²) in [5.41, 5.74) is 1.58. The van der Waals surface area contributed by atoms with Crippen LogP contribution in [0.25, 0.3) is 11.4 Å². The molecule has 1 amide bonds. The van der Waals surface area contributed by atoms with E-state index in [2.05, 4.69) is 15.4 Å². The van der Waals surface area contributed by atoms with Crippen LogP contribution in [-0.4, -0.2) is 55.6 Å². The standard InChI is InChI=1S/C13H15N5OS/c1-17-15-12(14-16-17)10-2-4-11(5-3-10)13(19)18-6-8-20-9-7-18/h2-5H,6-9H2,1H3. The molecule has 104 valence electrons. The van der Waals surface area contributed by atoms with Crippen molar-refractivity contribution in [3.05, 3.63) is 29.8 Å². The topological polar surface area (TPSA) is 63.9 Å². The Hall–Kier alpha value is -1.89. The molecule has 0 radical (unpaired) electrons. The monoisotopic (exact) mass is 289 g/mol. The lowest BCUT2D eigenvalue weighted by molar-refractivity contribution is 0.0772. The van der Waals surface area contributed by atoms with Gasteiger partial charge in [0.2, 0.25) is 5.82 Å². The quantitative estimate of drug-likeness (QED) is 0.827. The van der Waals surface area contributed by atoms with Gasteiger partial charge in [0.25, 0.3) is 5.91 Å². The van der Waals surface area contributed by atoms with Crippen molar-refractivity contribution >= 4 is 17.7 Å². The molecule has 1 aromatic heterocycles. The largest absolute Gasteiger partial charge is 0.337 e. The van der Waals surface area contributed by atoms with E-state index >= 15 is 0 Å². The molecule has 0 unspecified atom stereocenters. The molecule has 3 rings (SSSR count). The third kappa shape index (κ3) is 2.67. The van der Waals surface area contributed by atoms with Gasteiger partial charge in [0, 0.05) is 35.7 Å². The van der Waals surface area contributed by atoms with Crippen molar-refractivity contribution in [3.63, 3.8) is 0 Å². The van der Waals surface area contributed by atoms with E-state index in [1.165, 1.54) is 4.80 Å². The number of rotatable bonds is 2. The van der Waals surface area contributed by atoms with E-state index in [1.807, 2.05) is 40.9 Å². The molecule has 6 nitrogen and oxygen atoms in total. The molecular weight excluding hydrogens is 274 g/mol. The Morgan fingerprint density at radius 1 is 1.20 bits per heavy atom. The number of aromatic nitrogens is 4. The Kier molecular flexibility index (Phi) is 3.68. The van der Waals surface area contributed by atoms with Crippen molar-refractivity contribution in [1.82, 2.24) is 25.1 Å².